The van der Waals surface area contributed by atoms with Crippen molar-refractivity contribution in [3.8, 4) is 0 Å². The second-order valence-corrected chi connectivity index (χ2v) is 6.84. The second-order valence-electron chi connectivity index (χ2n) is 6.84. The van der Waals surface area contributed by atoms with Gasteiger partial charge in [0.15, 0.2) is 5.65 Å². The molecule has 0 saturated heterocycles. The van der Waals surface area contributed by atoms with Gasteiger partial charge in [0.25, 0.3) is 0 Å². The van der Waals surface area contributed by atoms with E-state index in [1.807, 2.05) is 4.57 Å². The average molecular weight is 366 g/mol. The Hall–Kier alpha value is -2.58. The van der Waals surface area contributed by atoms with Gasteiger partial charge in [-0.2, -0.15) is 13.2 Å². The first-order valence-electron chi connectivity index (χ1n) is 8.40. The van der Waals surface area contributed by atoms with E-state index in [1.165, 1.54) is 6.07 Å². The van der Waals surface area contributed by atoms with Crippen molar-refractivity contribution in [2.45, 2.75) is 37.9 Å². The lowest BCUT2D eigenvalue weighted by Crippen LogP contribution is -2.28. The largest absolute Gasteiger partial charge is 0.478 e. The van der Waals surface area contributed by atoms with Crippen molar-refractivity contribution in [3.05, 3.63) is 23.8 Å². The van der Waals surface area contributed by atoms with E-state index < -0.39 is 18.1 Å². The highest BCUT2D eigenvalue weighted by Crippen LogP contribution is 2.43. The molecule has 2 heterocycles. The van der Waals surface area contributed by atoms with Crippen molar-refractivity contribution in [1.82, 2.24) is 19.6 Å². The topological polar surface area (TPSA) is 72.9 Å². The Kier molecular flexibility index (Phi) is 3.71. The summed E-state index contributed by atoms with van der Waals surface area (Å²) in [6, 6.07) is 4.67. The molecule has 1 N–H and O–H groups in total. The summed E-state index contributed by atoms with van der Waals surface area (Å²) in [7, 11) is 1.73. The Balaban J connectivity index is 1.81. The maximum atomic E-state index is 13.0. The number of alkyl halides is 3. The lowest BCUT2D eigenvalue weighted by atomic mass is 9.85. The van der Waals surface area contributed by atoms with Crippen molar-refractivity contribution in [2.75, 3.05) is 0 Å². The van der Waals surface area contributed by atoms with E-state index in [4.69, 9.17) is 0 Å². The summed E-state index contributed by atoms with van der Waals surface area (Å²) in [6.45, 7) is 0. The predicted octanol–water partition coefficient (Wildman–Crippen LogP) is 3.91. The third-order valence-electron chi connectivity index (χ3n) is 5.31. The van der Waals surface area contributed by atoms with Crippen LogP contribution >= 0.6 is 0 Å². The molecule has 0 unspecified atom stereocenters. The number of benzene rings is 1. The van der Waals surface area contributed by atoms with Gasteiger partial charge in [-0.25, -0.2) is 9.48 Å². The zero-order valence-electron chi connectivity index (χ0n) is 14.0. The van der Waals surface area contributed by atoms with Crippen LogP contribution in [0.5, 0.6) is 0 Å². The second kappa shape index (κ2) is 5.72. The lowest BCUT2D eigenvalue weighted by Gasteiger charge is -2.31. The van der Waals surface area contributed by atoms with Crippen LogP contribution in [0.1, 0.15) is 42.1 Å². The van der Waals surface area contributed by atoms with Crippen LogP contribution in [0, 0.1) is 5.92 Å². The molecule has 0 aliphatic heterocycles. The van der Waals surface area contributed by atoms with Crippen LogP contribution in [0.4, 0.5) is 13.2 Å². The van der Waals surface area contributed by atoms with Gasteiger partial charge < -0.3 is 9.67 Å². The molecule has 1 aromatic carbocycles. The predicted molar refractivity (Wildman–Crippen MR) is 88.0 cm³/mol. The normalized spacial score (nSPS) is 21.5. The fourth-order valence-electron chi connectivity index (χ4n) is 4.01. The number of carbonyl (C=O) groups is 1. The highest BCUT2D eigenvalue weighted by Gasteiger charge is 2.42. The molecule has 0 spiro atoms. The Morgan fingerprint density at radius 1 is 1.23 bits per heavy atom. The number of fused-ring (bicyclic) bond motifs is 3. The number of aryl methyl sites for hydroxylation is 1. The van der Waals surface area contributed by atoms with Gasteiger partial charge in [-0.15, -0.1) is 5.10 Å². The molecule has 26 heavy (non-hydrogen) atoms. The number of nitrogens with zero attached hydrogens (tertiary/aromatic N) is 4. The van der Waals surface area contributed by atoms with Crippen LogP contribution in [-0.4, -0.2) is 36.8 Å². The Morgan fingerprint density at radius 2 is 1.92 bits per heavy atom. The molecule has 1 aliphatic rings. The molecule has 0 atom stereocenters. The summed E-state index contributed by atoms with van der Waals surface area (Å²) in [5.74, 6) is -2.29. The molecule has 3 aromatic rings. The van der Waals surface area contributed by atoms with Gasteiger partial charge in [0.2, 0.25) is 0 Å². The van der Waals surface area contributed by atoms with E-state index in [2.05, 4.69) is 10.3 Å². The molecule has 1 saturated carbocycles. The number of hydrogen-bond acceptors (Lipinski definition) is 3. The first kappa shape index (κ1) is 16.9. The van der Waals surface area contributed by atoms with E-state index in [9.17, 15) is 23.1 Å². The number of carboxylic acid groups (broad SMARTS) is 1. The monoisotopic (exact) mass is 366 g/mol. The van der Waals surface area contributed by atoms with E-state index in [-0.39, 0.29) is 24.4 Å². The van der Waals surface area contributed by atoms with Crippen LogP contribution in [0.2, 0.25) is 0 Å². The maximum absolute atomic E-state index is 13.0. The molecule has 0 bridgehead atoms. The lowest BCUT2D eigenvalue weighted by molar-refractivity contribution is -0.183. The third-order valence-corrected chi connectivity index (χ3v) is 5.31. The molecule has 4 rings (SSSR count). The standard InChI is InChI=1S/C17H17F3N4O2/c1-23-15-14(21-22-23)12-8-9(16(25)26)2-7-13(12)24(15)11-5-3-10(4-6-11)17(18,19)20/h2,7-8,10-11H,3-6H2,1H3,(H,25,26)/t10-,11-. The molecule has 1 aliphatic carbocycles. The SMILES string of the molecule is Cn1nnc2c3cc(C(=O)O)ccc3n([C@H]3CC[C@H](C(F)(F)F)CC3)c21. The van der Waals surface area contributed by atoms with Crippen molar-refractivity contribution in [2.24, 2.45) is 13.0 Å². The highest BCUT2D eigenvalue weighted by molar-refractivity contribution is 6.07. The highest BCUT2D eigenvalue weighted by atomic mass is 19.4. The Bertz CT molecular complexity index is 997. The van der Waals surface area contributed by atoms with Crippen LogP contribution < -0.4 is 0 Å². The van der Waals surface area contributed by atoms with Crippen molar-refractivity contribution >= 4 is 28.0 Å². The first-order valence-corrected chi connectivity index (χ1v) is 8.40. The Labute approximate surface area is 146 Å². The van der Waals surface area contributed by atoms with Gasteiger partial charge >= 0.3 is 12.1 Å². The fourth-order valence-corrected chi connectivity index (χ4v) is 4.01. The number of carboxylic acids is 1. The summed E-state index contributed by atoms with van der Waals surface area (Å²) in [5.41, 5.74) is 2.20. The molecular weight excluding hydrogens is 349 g/mol. The molecular formula is C17H17F3N4O2. The minimum atomic E-state index is -4.15. The van der Waals surface area contributed by atoms with Crippen molar-refractivity contribution in [3.63, 3.8) is 0 Å². The smallest absolute Gasteiger partial charge is 0.391 e. The molecule has 9 heteroatoms. The third kappa shape index (κ3) is 2.53. The number of halogens is 3. The minimum Gasteiger partial charge on any atom is -0.478 e. The van der Waals surface area contributed by atoms with Gasteiger partial charge in [-0.3, -0.25) is 0 Å². The van der Waals surface area contributed by atoms with E-state index in [1.54, 1.807) is 23.9 Å². The van der Waals surface area contributed by atoms with Gasteiger partial charge in [-0.1, -0.05) is 5.21 Å². The van der Waals surface area contributed by atoms with E-state index in [0.717, 1.165) is 5.52 Å². The molecule has 2 aromatic heterocycles. The molecule has 6 nitrogen and oxygen atoms in total. The summed E-state index contributed by atoms with van der Waals surface area (Å²) in [4.78, 5) is 11.3. The molecule has 138 valence electrons. The van der Waals surface area contributed by atoms with Crippen LogP contribution in [-0.2, 0) is 7.05 Å². The van der Waals surface area contributed by atoms with Gasteiger partial charge in [0, 0.05) is 18.5 Å². The zero-order chi connectivity index (χ0) is 18.6. The van der Waals surface area contributed by atoms with Crippen LogP contribution in [0.15, 0.2) is 18.2 Å². The summed E-state index contributed by atoms with van der Waals surface area (Å²) < 4.78 is 42.5. The van der Waals surface area contributed by atoms with Gasteiger partial charge in [0.1, 0.15) is 5.52 Å². The average Bonchev–Trinajstić information content (AvgIpc) is 3.12. The number of aromatic nitrogens is 4. The number of rotatable bonds is 2. The van der Waals surface area contributed by atoms with Gasteiger partial charge in [0.05, 0.1) is 17.0 Å². The van der Waals surface area contributed by atoms with Crippen molar-refractivity contribution in [1.29, 1.82) is 0 Å². The molecule has 0 amide bonds. The van der Waals surface area contributed by atoms with Crippen molar-refractivity contribution < 1.29 is 23.1 Å². The molecule has 1 fully saturated rings. The number of aromatic carboxylic acids is 1. The zero-order valence-corrected chi connectivity index (χ0v) is 14.0. The van der Waals surface area contributed by atoms with E-state index >= 15 is 0 Å². The maximum Gasteiger partial charge on any atom is 0.391 e. The summed E-state index contributed by atoms with van der Waals surface area (Å²) >= 11 is 0. The minimum absolute atomic E-state index is 0.0911. The summed E-state index contributed by atoms with van der Waals surface area (Å²) in [6.07, 6.45) is -3.14. The number of hydrogen-bond donors (Lipinski definition) is 1. The van der Waals surface area contributed by atoms with Gasteiger partial charge in [-0.05, 0) is 43.9 Å². The first-order chi connectivity index (χ1) is 12.3. The van der Waals surface area contributed by atoms with Crippen LogP contribution in [0.25, 0.3) is 22.1 Å². The van der Waals surface area contributed by atoms with E-state index in [0.29, 0.717) is 29.4 Å². The summed E-state index contributed by atoms with van der Waals surface area (Å²) in [5, 5.41) is 18.0. The fraction of sp³-hybridized carbons (Fsp3) is 0.471. The van der Waals surface area contributed by atoms with Crippen LogP contribution in [0.3, 0.4) is 0 Å². The molecule has 0 radical (unpaired) electrons. The quantitative estimate of drug-likeness (QED) is 0.746. The Morgan fingerprint density at radius 3 is 2.54 bits per heavy atom.